The molecule has 4 rings (SSSR count). The number of nitrogens with one attached hydrogen (secondary N) is 1. The van der Waals surface area contributed by atoms with E-state index < -0.39 is 0 Å². The van der Waals surface area contributed by atoms with E-state index in [1.807, 2.05) is 40.1 Å². The number of thiophene rings is 1. The van der Waals surface area contributed by atoms with E-state index in [1.165, 1.54) is 4.88 Å². The van der Waals surface area contributed by atoms with Gasteiger partial charge in [0.05, 0.1) is 0 Å². The van der Waals surface area contributed by atoms with Crippen LogP contribution in [0, 0.1) is 5.92 Å². The minimum absolute atomic E-state index is 0.0413. The average Bonchev–Trinajstić information content (AvgIpc) is 3.28. The Morgan fingerprint density at radius 1 is 0.897 bits per heavy atom. The van der Waals surface area contributed by atoms with Crippen LogP contribution in [0.3, 0.4) is 0 Å². The van der Waals surface area contributed by atoms with Crippen LogP contribution in [0.4, 0.5) is 10.5 Å². The Hall–Kier alpha value is -2.38. The van der Waals surface area contributed by atoms with Crippen molar-refractivity contribution in [3.8, 4) is 0 Å². The summed E-state index contributed by atoms with van der Waals surface area (Å²) in [5, 5.41) is 5.04. The van der Waals surface area contributed by atoms with Crippen LogP contribution in [-0.2, 0) is 11.3 Å². The van der Waals surface area contributed by atoms with Crippen LogP contribution in [0.2, 0.25) is 0 Å². The third-order valence-electron chi connectivity index (χ3n) is 5.80. The van der Waals surface area contributed by atoms with Gasteiger partial charge in [-0.25, -0.2) is 4.79 Å². The lowest BCUT2D eigenvalue weighted by Gasteiger charge is -2.38. The zero-order valence-electron chi connectivity index (χ0n) is 16.6. The number of hydrogen-bond donors (Lipinski definition) is 1. The molecule has 29 heavy (non-hydrogen) atoms. The van der Waals surface area contributed by atoms with Crippen molar-refractivity contribution in [1.82, 2.24) is 14.7 Å². The molecule has 2 aliphatic rings. The summed E-state index contributed by atoms with van der Waals surface area (Å²) in [6.07, 6.45) is 1.49. The Bertz CT molecular complexity index is 795. The molecule has 3 amide bonds. The first-order chi connectivity index (χ1) is 14.2. The maximum atomic E-state index is 12.9. The molecule has 0 unspecified atom stereocenters. The van der Waals surface area contributed by atoms with Gasteiger partial charge >= 0.3 is 6.03 Å². The summed E-state index contributed by atoms with van der Waals surface area (Å²) >= 11 is 1.79. The number of likely N-dealkylation sites (tertiary alicyclic amines) is 1. The molecule has 1 N–H and O–H groups in total. The van der Waals surface area contributed by atoms with Crippen molar-refractivity contribution in [3.63, 3.8) is 0 Å². The van der Waals surface area contributed by atoms with E-state index in [1.54, 1.807) is 11.3 Å². The molecular weight excluding hydrogens is 384 g/mol. The third kappa shape index (κ3) is 5.16. The zero-order valence-corrected chi connectivity index (χ0v) is 17.4. The molecule has 6 nitrogen and oxygen atoms in total. The molecule has 2 aromatic rings. The molecule has 3 heterocycles. The number of hydrogen-bond acceptors (Lipinski definition) is 4. The van der Waals surface area contributed by atoms with E-state index in [2.05, 4.69) is 27.7 Å². The van der Waals surface area contributed by atoms with Gasteiger partial charge in [-0.1, -0.05) is 24.3 Å². The van der Waals surface area contributed by atoms with Crippen LogP contribution in [0.25, 0.3) is 0 Å². The number of benzene rings is 1. The zero-order chi connectivity index (χ0) is 20.1. The van der Waals surface area contributed by atoms with E-state index in [4.69, 9.17) is 0 Å². The Balaban J connectivity index is 1.20. The Morgan fingerprint density at radius 3 is 2.28 bits per heavy atom. The smallest absolute Gasteiger partial charge is 0.321 e. The molecule has 7 heteroatoms. The number of urea groups is 1. The maximum Gasteiger partial charge on any atom is 0.321 e. The van der Waals surface area contributed by atoms with Crippen molar-refractivity contribution in [2.45, 2.75) is 19.4 Å². The number of carbonyl (C=O) groups is 2. The molecule has 2 aliphatic heterocycles. The molecule has 0 bridgehead atoms. The predicted molar refractivity (Wildman–Crippen MR) is 116 cm³/mol. The second-order valence-corrected chi connectivity index (χ2v) is 8.77. The molecule has 2 fully saturated rings. The molecule has 0 radical (unpaired) electrons. The van der Waals surface area contributed by atoms with Crippen molar-refractivity contribution >= 4 is 29.0 Å². The topological polar surface area (TPSA) is 55.9 Å². The monoisotopic (exact) mass is 412 g/mol. The average molecular weight is 413 g/mol. The molecule has 0 atom stereocenters. The lowest BCUT2D eigenvalue weighted by atomic mass is 9.95. The van der Waals surface area contributed by atoms with E-state index >= 15 is 0 Å². The summed E-state index contributed by atoms with van der Waals surface area (Å²) in [4.78, 5) is 33.0. The van der Waals surface area contributed by atoms with Gasteiger partial charge in [-0.05, 0) is 36.4 Å². The summed E-state index contributed by atoms with van der Waals surface area (Å²) in [6.45, 7) is 5.72. The van der Waals surface area contributed by atoms with Gasteiger partial charge in [0.25, 0.3) is 0 Å². The molecule has 0 saturated carbocycles. The van der Waals surface area contributed by atoms with Crippen LogP contribution >= 0.6 is 11.3 Å². The minimum atomic E-state index is -0.0794. The fraction of sp³-hybridized carbons (Fsp3) is 0.455. The first-order valence-electron chi connectivity index (χ1n) is 10.3. The largest absolute Gasteiger partial charge is 0.340 e. The van der Waals surface area contributed by atoms with Crippen LogP contribution in [0.5, 0.6) is 0 Å². The Labute approximate surface area is 176 Å². The van der Waals surface area contributed by atoms with E-state index in [0.717, 1.165) is 51.3 Å². The van der Waals surface area contributed by atoms with Crippen molar-refractivity contribution in [2.75, 3.05) is 44.6 Å². The number of carbonyl (C=O) groups excluding carboxylic acids is 2. The molecule has 0 spiro atoms. The van der Waals surface area contributed by atoms with Crippen LogP contribution in [0.15, 0.2) is 47.8 Å². The minimum Gasteiger partial charge on any atom is -0.340 e. The second kappa shape index (κ2) is 9.41. The van der Waals surface area contributed by atoms with Gasteiger partial charge in [0.15, 0.2) is 0 Å². The number of nitrogens with zero attached hydrogens (tertiary/aromatic N) is 3. The Kier molecular flexibility index (Phi) is 6.46. The van der Waals surface area contributed by atoms with Gasteiger partial charge in [-0.2, -0.15) is 0 Å². The highest BCUT2D eigenvalue weighted by Crippen LogP contribution is 2.22. The van der Waals surface area contributed by atoms with Crippen molar-refractivity contribution in [2.24, 2.45) is 5.92 Å². The quantitative estimate of drug-likeness (QED) is 0.838. The van der Waals surface area contributed by atoms with E-state index in [0.29, 0.717) is 13.1 Å². The van der Waals surface area contributed by atoms with Crippen molar-refractivity contribution < 1.29 is 9.59 Å². The summed E-state index contributed by atoms with van der Waals surface area (Å²) in [6, 6.07) is 13.7. The Morgan fingerprint density at radius 2 is 1.62 bits per heavy atom. The van der Waals surface area contributed by atoms with Crippen molar-refractivity contribution in [1.29, 1.82) is 0 Å². The standard InChI is InChI=1S/C22H28N4O2S/c27-21(25-14-12-24(13-15-25)17-20-7-4-16-29-20)18-8-10-26(11-9-18)22(28)23-19-5-2-1-3-6-19/h1-7,16,18H,8-15,17H2,(H,23,28). The third-order valence-corrected chi connectivity index (χ3v) is 6.66. The first-order valence-corrected chi connectivity index (χ1v) is 11.2. The number of rotatable bonds is 4. The number of piperazine rings is 1. The fourth-order valence-electron chi connectivity index (χ4n) is 4.06. The molecule has 1 aromatic carbocycles. The van der Waals surface area contributed by atoms with Crippen LogP contribution in [0.1, 0.15) is 17.7 Å². The molecule has 0 aliphatic carbocycles. The highest BCUT2D eigenvalue weighted by atomic mass is 32.1. The summed E-state index contributed by atoms with van der Waals surface area (Å²) in [5.41, 5.74) is 0.802. The van der Waals surface area contributed by atoms with Crippen molar-refractivity contribution in [3.05, 3.63) is 52.7 Å². The second-order valence-electron chi connectivity index (χ2n) is 7.74. The highest BCUT2D eigenvalue weighted by Gasteiger charge is 2.31. The molecular formula is C22H28N4O2S. The van der Waals surface area contributed by atoms with Gasteiger partial charge in [0, 0.05) is 62.3 Å². The van der Waals surface area contributed by atoms with Gasteiger partial charge in [-0.3, -0.25) is 9.69 Å². The molecule has 1 aromatic heterocycles. The molecule has 154 valence electrons. The summed E-state index contributed by atoms with van der Waals surface area (Å²) < 4.78 is 0. The lowest BCUT2D eigenvalue weighted by Crippen LogP contribution is -2.51. The number of para-hydroxylation sites is 1. The SMILES string of the molecule is O=C(Nc1ccccc1)N1CCC(C(=O)N2CCN(Cc3cccs3)CC2)CC1. The normalized spacial score (nSPS) is 18.6. The maximum absolute atomic E-state index is 12.9. The molecule has 2 saturated heterocycles. The summed E-state index contributed by atoms with van der Waals surface area (Å²) in [7, 11) is 0. The van der Waals surface area contributed by atoms with Gasteiger partial charge < -0.3 is 15.1 Å². The first kappa shape index (κ1) is 19.9. The van der Waals surface area contributed by atoms with Crippen LogP contribution in [-0.4, -0.2) is 65.9 Å². The van der Waals surface area contributed by atoms with E-state index in [9.17, 15) is 9.59 Å². The number of piperidine rings is 1. The van der Waals surface area contributed by atoms with Gasteiger partial charge in [-0.15, -0.1) is 11.3 Å². The number of amides is 3. The fourth-order valence-corrected chi connectivity index (χ4v) is 4.81. The van der Waals surface area contributed by atoms with Crippen LogP contribution < -0.4 is 5.32 Å². The van der Waals surface area contributed by atoms with Gasteiger partial charge in [0.1, 0.15) is 0 Å². The predicted octanol–water partition coefficient (Wildman–Crippen LogP) is 3.34. The summed E-state index contributed by atoms with van der Waals surface area (Å²) in [5.74, 6) is 0.309. The van der Waals surface area contributed by atoms with Gasteiger partial charge in [0.2, 0.25) is 5.91 Å². The highest BCUT2D eigenvalue weighted by molar-refractivity contribution is 7.09. The lowest BCUT2D eigenvalue weighted by molar-refractivity contribution is -0.138. The number of anilines is 1. The van der Waals surface area contributed by atoms with E-state index in [-0.39, 0.29) is 17.9 Å².